The van der Waals surface area contributed by atoms with Gasteiger partial charge in [-0.1, -0.05) is 0 Å². The minimum Gasteiger partial charge on any atom is -0.465 e. The summed E-state index contributed by atoms with van der Waals surface area (Å²) in [6, 6.07) is -0.243. The van der Waals surface area contributed by atoms with Crippen molar-refractivity contribution in [3.63, 3.8) is 0 Å². The van der Waals surface area contributed by atoms with Crippen molar-refractivity contribution in [2.75, 3.05) is 26.2 Å². The number of esters is 1. The van der Waals surface area contributed by atoms with Crippen LogP contribution in [0.4, 0.5) is 4.79 Å². The number of aliphatic hydroxyl groups excluding tert-OH is 1. The van der Waals surface area contributed by atoms with E-state index < -0.39 is 5.97 Å². The Morgan fingerprint density at radius 3 is 2.56 bits per heavy atom. The summed E-state index contributed by atoms with van der Waals surface area (Å²) in [6.45, 7) is 4.95. The SMILES string of the molecule is CCOC(=O)CNC(=O)N1CCC(C(C)O)CC1. The zero-order chi connectivity index (χ0) is 13.5. The summed E-state index contributed by atoms with van der Waals surface area (Å²) in [5, 5.41) is 12.0. The Bertz CT molecular complexity index is 286. The molecule has 6 heteroatoms. The highest BCUT2D eigenvalue weighted by Crippen LogP contribution is 2.20. The van der Waals surface area contributed by atoms with Gasteiger partial charge in [0.25, 0.3) is 0 Å². The summed E-state index contributed by atoms with van der Waals surface area (Å²) < 4.78 is 4.72. The third-order valence-electron chi connectivity index (χ3n) is 3.20. The van der Waals surface area contributed by atoms with Gasteiger partial charge in [0.05, 0.1) is 12.7 Å². The summed E-state index contributed by atoms with van der Waals surface area (Å²) in [7, 11) is 0. The van der Waals surface area contributed by atoms with Crippen LogP contribution in [0.2, 0.25) is 0 Å². The first-order chi connectivity index (χ1) is 8.54. The van der Waals surface area contributed by atoms with Gasteiger partial charge in [-0.05, 0) is 32.6 Å². The summed E-state index contributed by atoms with van der Waals surface area (Å²) in [5.74, 6) is -0.163. The molecular weight excluding hydrogens is 236 g/mol. The second kappa shape index (κ2) is 7.20. The summed E-state index contributed by atoms with van der Waals surface area (Å²) in [4.78, 5) is 24.5. The first-order valence-corrected chi connectivity index (χ1v) is 6.41. The third kappa shape index (κ3) is 4.52. The van der Waals surface area contributed by atoms with Crippen LogP contribution in [-0.4, -0.2) is 54.4 Å². The Balaban J connectivity index is 2.26. The van der Waals surface area contributed by atoms with Gasteiger partial charge in [-0.3, -0.25) is 4.79 Å². The molecule has 1 rings (SSSR count). The van der Waals surface area contributed by atoms with Crippen LogP contribution in [0.1, 0.15) is 26.7 Å². The molecule has 1 unspecified atom stereocenters. The van der Waals surface area contributed by atoms with Gasteiger partial charge in [-0.2, -0.15) is 0 Å². The molecule has 0 aromatic heterocycles. The molecule has 104 valence electrons. The lowest BCUT2D eigenvalue weighted by Gasteiger charge is -2.33. The number of aliphatic hydroxyl groups is 1. The Kier molecular flexibility index (Phi) is 5.91. The maximum absolute atomic E-state index is 11.7. The van der Waals surface area contributed by atoms with Crippen LogP contribution >= 0.6 is 0 Å². The van der Waals surface area contributed by atoms with E-state index in [0.29, 0.717) is 19.7 Å². The Morgan fingerprint density at radius 2 is 2.06 bits per heavy atom. The van der Waals surface area contributed by atoms with Crippen molar-refractivity contribution in [2.45, 2.75) is 32.8 Å². The molecule has 2 N–H and O–H groups in total. The number of ether oxygens (including phenoxy) is 1. The number of nitrogens with zero attached hydrogens (tertiary/aromatic N) is 1. The van der Waals surface area contributed by atoms with Crippen molar-refractivity contribution in [3.05, 3.63) is 0 Å². The van der Waals surface area contributed by atoms with Crippen LogP contribution < -0.4 is 5.32 Å². The number of hydrogen-bond donors (Lipinski definition) is 2. The number of amides is 2. The van der Waals surface area contributed by atoms with Gasteiger partial charge in [-0.25, -0.2) is 4.79 Å². The van der Waals surface area contributed by atoms with E-state index in [1.165, 1.54) is 0 Å². The highest BCUT2D eigenvalue weighted by atomic mass is 16.5. The van der Waals surface area contributed by atoms with Crippen LogP contribution in [-0.2, 0) is 9.53 Å². The summed E-state index contributed by atoms with van der Waals surface area (Å²) >= 11 is 0. The van der Waals surface area contributed by atoms with Gasteiger partial charge in [-0.15, -0.1) is 0 Å². The van der Waals surface area contributed by atoms with Gasteiger partial charge in [0, 0.05) is 13.1 Å². The van der Waals surface area contributed by atoms with Crippen LogP contribution in [0.5, 0.6) is 0 Å². The van der Waals surface area contributed by atoms with Crippen molar-refractivity contribution < 1.29 is 19.4 Å². The molecule has 1 aliphatic heterocycles. The van der Waals surface area contributed by atoms with Gasteiger partial charge in [0.15, 0.2) is 0 Å². The molecule has 0 radical (unpaired) electrons. The summed E-state index contributed by atoms with van der Waals surface area (Å²) in [5.41, 5.74) is 0. The lowest BCUT2D eigenvalue weighted by atomic mass is 9.92. The fourth-order valence-electron chi connectivity index (χ4n) is 2.06. The van der Waals surface area contributed by atoms with E-state index in [4.69, 9.17) is 4.74 Å². The van der Waals surface area contributed by atoms with Crippen LogP contribution in [0.15, 0.2) is 0 Å². The van der Waals surface area contributed by atoms with Crippen molar-refractivity contribution in [2.24, 2.45) is 5.92 Å². The Labute approximate surface area is 107 Å². The van der Waals surface area contributed by atoms with Crippen LogP contribution in [0.3, 0.4) is 0 Å². The van der Waals surface area contributed by atoms with Crippen LogP contribution in [0.25, 0.3) is 0 Å². The van der Waals surface area contributed by atoms with Crippen molar-refractivity contribution >= 4 is 12.0 Å². The van der Waals surface area contributed by atoms with Crippen LogP contribution in [0, 0.1) is 5.92 Å². The van der Waals surface area contributed by atoms with Crippen molar-refractivity contribution in [1.29, 1.82) is 0 Å². The maximum atomic E-state index is 11.7. The number of carbonyl (C=O) groups excluding carboxylic acids is 2. The van der Waals surface area contributed by atoms with Gasteiger partial charge in [0.2, 0.25) is 0 Å². The zero-order valence-electron chi connectivity index (χ0n) is 11.0. The molecule has 0 spiro atoms. The molecule has 0 aromatic carbocycles. The minimum atomic E-state index is -0.426. The number of carbonyl (C=O) groups is 2. The minimum absolute atomic E-state index is 0.0942. The molecule has 0 saturated carbocycles. The Hall–Kier alpha value is -1.30. The average molecular weight is 258 g/mol. The molecule has 1 atom stereocenters. The molecule has 0 bridgehead atoms. The van der Waals surface area contributed by atoms with E-state index in [1.54, 1.807) is 18.7 Å². The number of piperidine rings is 1. The quantitative estimate of drug-likeness (QED) is 0.713. The molecule has 1 fully saturated rings. The molecule has 1 heterocycles. The van der Waals surface area contributed by atoms with Gasteiger partial charge >= 0.3 is 12.0 Å². The molecule has 0 aliphatic carbocycles. The van der Waals surface area contributed by atoms with E-state index in [-0.39, 0.29) is 24.6 Å². The fraction of sp³-hybridized carbons (Fsp3) is 0.833. The smallest absolute Gasteiger partial charge is 0.325 e. The maximum Gasteiger partial charge on any atom is 0.325 e. The second-order valence-electron chi connectivity index (χ2n) is 4.53. The third-order valence-corrected chi connectivity index (χ3v) is 3.20. The second-order valence-corrected chi connectivity index (χ2v) is 4.53. The molecule has 18 heavy (non-hydrogen) atoms. The first-order valence-electron chi connectivity index (χ1n) is 6.41. The van der Waals surface area contributed by atoms with E-state index in [9.17, 15) is 14.7 Å². The average Bonchev–Trinajstić information content (AvgIpc) is 2.36. The standard InChI is InChI=1S/C12H22N2O4/c1-3-18-11(16)8-13-12(17)14-6-4-10(5-7-14)9(2)15/h9-10,15H,3-8H2,1-2H3,(H,13,17). The molecule has 2 amide bonds. The van der Waals surface area contributed by atoms with E-state index >= 15 is 0 Å². The van der Waals surface area contributed by atoms with Crippen molar-refractivity contribution in [1.82, 2.24) is 10.2 Å². The normalized spacial score (nSPS) is 18.3. The predicted molar refractivity (Wildman–Crippen MR) is 66.0 cm³/mol. The molecule has 0 aromatic rings. The number of likely N-dealkylation sites (tertiary alicyclic amines) is 1. The number of rotatable bonds is 4. The Morgan fingerprint density at radius 1 is 1.44 bits per heavy atom. The van der Waals surface area contributed by atoms with Gasteiger partial charge < -0.3 is 20.1 Å². The largest absolute Gasteiger partial charge is 0.465 e. The lowest BCUT2D eigenvalue weighted by Crippen LogP contribution is -2.47. The highest BCUT2D eigenvalue weighted by molar-refractivity contribution is 5.80. The first kappa shape index (κ1) is 14.8. The topological polar surface area (TPSA) is 78.9 Å². The van der Waals surface area contributed by atoms with E-state index in [0.717, 1.165) is 12.8 Å². The number of hydrogen-bond acceptors (Lipinski definition) is 4. The predicted octanol–water partition coefficient (Wildman–Crippen LogP) is 0.352. The summed E-state index contributed by atoms with van der Waals surface area (Å²) in [6.07, 6.45) is 1.27. The fourth-order valence-corrected chi connectivity index (χ4v) is 2.06. The zero-order valence-corrected chi connectivity index (χ0v) is 11.0. The number of urea groups is 1. The number of nitrogens with one attached hydrogen (secondary N) is 1. The lowest BCUT2D eigenvalue weighted by molar-refractivity contribution is -0.141. The molecule has 6 nitrogen and oxygen atoms in total. The van der Waals surface area contributed by atoms with E-state index in [2.05, 4.69) is 5.32 Å². The van der Waals surface area contributed by atoms with Crippen molar-refractivity contribution in [3.8, 4) is 0 Å². The molecule has 1 aliphatic rings. The monoisotopic (exact) mass is 258 g/mol. The van der Waals surface area contributed by atoms with E-state index in [1.807, 2.05) is 0 Å². The molecular formula is C12H22N2O4. The molecule has 1 saturated heterocycles. The highest BCUT2D eigenvalue weighted by Gasteiger charge is 2.25. The van der Waals surface area contributed by atoms with Gasteiger partial charge in [0.1, 0.15) is 6.54 Å².